The van der Waals surface area contributed by atoms with Crippen molar-refractivity contribution in [3.63, 3.8) is 0 Å². The van der Waals surface area contributed by atoms with E-state index < -0.39 is 0 Å². The van der Waals surface area contributed by atoms with Crippen LogP contribution in [0.15, 0.2) is 42.7 Å². The maximum atomic E-state index is 10.5. The zero-order chi connectivity index (χ0) is 20.0. The number of phenols is 1. The highest BCUT2D eigenvalue weighted by Crippen LogP contribution is 2.32. The summed E-state index contributed by atoms with van der Waals surface area (Å²) in [5, 5.41) is 27.2. The van der Waals surface area contributed by atoms with Crippen LogP contribution < -0.4 is 16.0 Å². The van der Waals surface area contributed by atoms with Gasteiger partial charge in [0, 0.05) is 36.8 Å². The van der Waals surface area contributed by atoms with E-state index in [4.69, 9.17) is 5.73 Å². The summed E-state index contributed by atoms with van der Waals surface area (Å²) in [6, 6.07) is 11.0. The molecule has 150 valence electrons. The first kappa shape index (κ1) is 17.9. The molecule has 0 aliphatic carbocycles. The van der Waals surface area contributed by atoms with Crippen molar-refractivity contribution in [1.29, 1.82) is 0 Å². The van der Waals surface area contributed by atoms with E-state index in [1.807, 2.05) is 24.3 Å². The van der Waals surface area contributed by atoms with Gasteiger partial charge in [0.25, 0.3) is 0 Å². The molecule has 2 aliphatic heterocycles. The third-order valence-electron chi connectivity index (χ3n) is 6.13. The number of aromatic hydroxyl groups is 1. The molecule has 8 nitrogen and oxygen atoms in total. The number of fused-ring (bicyclic) bond motifs is 2. The summed E-state index contributed by atoms with van der Waals surface area (Å²) >= 11 is 0. The molecule has 29 heavy (non-hydrogen) atoms. The van der Waals surface area contributed by atoms with Gasteiger partial charge in [0.2, 0.25) is 0 Å². The smallest absolute Gasteiger partial charge is 0.151 e. The zero-order valence-electron chi connectivity index (χ0n) is 16.4. The van der Waals surface area contributed by atoms with Gasteiger partial charge >= 0.3 is 0 Å². The molecule has 0 amide bonds. The van der Waals surface area contributed by atoms with E-state index in [-0.39, 0.29) is 5.75 Å². The van der Waals surface area contributed by atoms with E-state index in [9.17, 15) is 5.11 Å². The molecule has 5 rings (SSSR count). The maximum absolute atomic E-state index is 10.5. The topological polar surface area (TPSA) is 105 Å². The molecule has 4 heterocycles. The van der Waals surface area contributed by atoms with Crippen molar-refractivity contribution in [2.45, 2.75) is 43.8 Å². The van der Waals surface area contributed by atoms with Gasteiger partial charge < -0.3 is 21.1 Å². The van der Waals surface area contributed by atoms with Gasteiger partial charge in [-0.2, -0.15) is 5.10 Å². The molecular formula is C21H25N7O. The largest absolute Gasteiger partial charge is 0.507 e. The van der Waals surface area contributed by atoms with Gasteiger partial charge in [0.05, 0.1) is 29.5 Å². The summed E-state index contributed by atoms with van der Waals surface area (Å²) in [5.74, 6) is 0.991. The van der Waals surface area contributed by atoms with Gasteiger partial charge in [-0.1, -0.05) is 0 Å². The lowest BCUT2D eigenvalue weighted by molar-refractivity contribution is 0.353. The molecule has 2 aliphatic rings. The van der Waals surface area contributed by atoms with Gasteiger partial charge in [-0.15, -0.1) is 10.2 Å². The number of aromatic nitrogens is 4. The van der Waals surface area contributed by atoms with E-state index in [0.29, 0.717) is 35.1 Å². The fourth-order valence-corrected chi connectivity index (χ4v) is 4.54. The normalized spacial score (nSPS) is 23.3. The number of nitrogens with zero attached hydrogens (tertiary/aromatic N) is 5. The van der Waals surface area contributed by atoms with Crippen molar-refractivity contribution in [2.24, 2.45) is 0 Å². The monoisotopic (exact) mass is 391 g/mol. The molecule has 8 heteroatoms. The third-order valence-corrected chi connectivity index (χ3v) is 6.13. The van der Waals surface area contributed by atoms with Crippen LogP contribution in [0.5, 0.6) is 5.75 Å². The highest BCUT2D eigenvalue weighted by molar-refractivity contribution is 5.69. The first-order chi connectivity index (χ1) is 14.1. The Balaban J connectivity index is 1.34. The Morgan fingerprint density at radius 2 is 1.93 bits per heavy atom. The molecule has 2 saturated heterocycles. The number of piperidine rings is 1. The molecule has 2 fully saturated rings. The van der Waals surface area contributed by atoms with Gasteiger partial charge in [-0.05, 0) is 49.9 Å². The molecule has 0 radical (unpaired) electrons. The number of nitrogens with one attached hydrogen (secondary N) is 1. The third kappa shape index (κ3) is 3.40. The summed E-state index contributed by atoms with van der Waals surface area (Å²) in [7, 11) is 2.10. The molecule has 2 bridgehead atoms. The number of hydrogen-bond acceptors (Lipinski definition) is 7. The van der Waals surface area contributed by atoms with Crippen LogP contribution in [0, 0.1) is 0 Å². The Labute approximate surface area is 169 Å². The van der Waals surface area contributed by atoms with Crippen molar-refractivity contribution >= 4 is 11.5 Å². The molecule has 1 unspecified atom stereocenters. The van der Waals surface area contributed by atoms with Crippen LogP contribution in [-0.2, 0) is 0 Å². The first-order valence-electron chi connectivity index (χ1n) is 10.0. The minimum absolute atomic E-state index is 0.127. The summed E-state index contributed by atoms with van der Waals surface area (Å²) in [5.41, 5.74) is 8.28. The Morgan fingerprint density at radius 3 is 2.55 bits per heavy atom. The van der Waals surface area contributed by atoms with Crippen LogP contribution in [0.1, 0.15) is 25.7 Å². The van der Waals surface area contributed by atoms with Crippen LogP contribution in [0.2, 0.25) is 0 Å². The number of benzene rings is 1. The van der Waals surface area contributed by atoms with Crippen LogP contribution in [0.4, 0.5) is 11.5 Å². The highest BCUT2D eigenvalue weighted by atomic mass is 16.3. The van der Waals surface area contributed by atoms with Crippen molar-refractivity contribution < 1.29 is 5.11 Å². The average Bonchev–Trinajstić information content (AvgIpc) is 3.32. The SMILES string of the molecule is CN(c1ccc(-c2ccc(-n3cc(N)cn3)cc2O)nn1)[C@H]1CC2CC[C@H](C1)N2. The second kappa shape index (κ2) is 7.04. The quantitative estimate of drug-likeness (QED) is 0.627. The molecular weight excluding hydrogens is 366 g/mol. The summed E-state index contributed by atoms with van der Waals surface area (Å²) < 4.78 is 1.62. The number of hydrogen-bond donors (Lipinski definition) is 3. The predicted molar refractivity (Wildman–Crippen MR) is 112 cm³/mol. The Kier molecular flexibility index (Phi) is 4.35. The number of nitrogens with two attached hydrogens (primary N) is 1. The van der Waals surface area contributed by atoms with Gasteiger partial charge in [0.15, 0.2) is 5.82 Å². The predicted octanol–water partition coefficient (Wildman–Crippen LogP) is 2.34. The van der Waals surface area contributed by atoms with Gasteiger partial charge in [0.1, 0.15) is 5.75 Å². The van der Waals surface area contributed by atoms with Crippen molar-refractivity contribution in [1.82, 2.24) is 25.3 Å². The fraction of sp³-hybridized carbons (Fsp3) is 0.381. The van der Waals surface area contributed by atoms with Crippen molar-refractivity contribution in [3.05, 3.63) is 42.7 Å². The highest BCUT2D eigenvalue weighted by Gasteiger charge is 2.35. The number of phenolic OH excluding ortho intramolecular Hbond substituents is 1. The second-order valence-corrected chi connectivity index (χ2v) is 8.07. The zero-order valence-corrected chi connectivity index (χ0v) is 16.4. The number of anilines is 2. The molecule has 3 aromatic rings. The summed E-state index contributed by atoms with van der Waals surface area (Å²) in [4.78, 5) is 2.24. The van der Waals surface area contributed by atoms with Gasteiger partial charge in [-0.3, -0.25) is 0 Å². The van der Waals surface area contributed by atoms with Crippen LogP contribution in [-0.4, -0.2) is 50.3 Å². The van der Waals surface area contributed by atoms with Crippen LogP contribution in [0.3, 0.4) is 0 Å². The standard InChI is InChI=1S/C21H25N7O/c1-27(17-8-14-2-3-15(9-17)24-14)21-7-6-19(25-26-21)18-5-4-16(10-20(18)29)28-12-13(22)11-23-28/h4-7,10-12,14-15,17,24,29H,2-3,8-9,22H2,1H3/t14-,15?,17-/m1/s1. The van der Waals surface area contributed by atoms with E-state index in [0.717, 1.165) is 24.3 Å². The fourth-order valence-electron chi connectivity index (χ4n) is 4.54. The van der Waals surface area contributed by atoms with Crippen molar-refractivity contribution in [2.75, 3.05) is 17.7 Å². The molecule has 3 atom stereocenters. The number of rotatable bonds is 4. The lowest BCUT2D eigenvalue weighted by atomic mass is 9.98. The molecule has 4 N–H and O–H groups in total. The minimum Gasteiger partial charge on any atom is -0.507 e. The van der Waals surface area contributed by atoms with E-state index in [1.165, 1.54) is 12.8 Å². The van der Waals surface area contributed by atoms with E-state index in [1.54, 1.807) is 23.1 Å². The van der Waals surface area contributed by atoms with Crippen LogP contribution >= 0.6 is 0 Å². The molecule has 1 aromatic carbocycles. The second-order valence-electron chi connectivity index (χ2n) is 8.07. The summed E-state index contributed by atoms with van der Waals surface area (Å²) in [6.07, 6.45) is 8.12. The maximum Gasteiger partial charge on any atom is 0.151 e. The molecule has 0 spiro atoms. The Bertz CT molecular complexity index is 1000. The van der Waals surface area contributed by atoms with Crippen molar-refractivity contribution in [3.8, 4) is 22.7 Å². The molecule has 2 aromatic heterocycles. The number of nitrogen functional groups attached to an aromatic ring is 1. The lowest BCUT2D eigenvalue weighted by Gasteiger charge is -2.36. The Morgan fingerprint density at radius 1 is 1.14 bits per heavy atom. The lowest BCUT2D eigenvalue weighted by Crippen LogP contribution is -2.47. The van der Waals surface area contributed by atoms with E-state index in [2.05, 4.69) is 32.6 Å². The first-order valence-corrected chi connectivity index (χ1v) is 10.0. The van der Waals surface area contributed by atoms with Crippen LogP contribution in [0.25, 0.3) is 16.9 Å². The minimum atomic E-state index is 0.127. The average molecular weight is 391 g/mol. The molecule has 0 saturated carbocycles. The summed E-state index contributed by atoms with van der Waals surface area (Å²) in [6.45, 7) is 0. The Hall–Kier alpha value is -3.13. The van der Waals surface area contributed by atoms with Gasteiger partial charge in [-0.25, -0.2) is 4.68 Å². The van der Waals surface area contributed by atoms with E-state index >= 15 is 0 Å².